The highest BCUT2D eigenvalue weighted by Crippen LogP contribution is 2.02. The fourth-order valence-corrected chi connectivity index (χ4v) is 0.319. The monoisotopic (exact) mass is 146 g/mol. The Bertz CT molecular complexity index is 187. The molecule has 0 aliphatic heterocycles. The molecule has 0 aromatic heterocycles. The average Bonchev–Trinajstić information content (AvgIpc) is 1.21. The van der Waals surface area contributed by atoms with Crippen LogP contribution in [0.2, 0.25) is 0 Å². The number of hydrogen-bond acceptors (Lipinski definition) is 2. The van der Waals surface area contributed by atoms with Gasteiger partial charge in [0.1, 0.15) is 5.41 Å². The second-order valence-corrected chi connectivity index (χ2v) is 2.07. The van der Waals surface area contributed by atoms with Crippen molar-refractivity contribution in [2.24, 2.45) is 0 Å². The van der Waals surface area contributed by atoms with Crippen LogP contribution in [0.1, 0.15) is 0 Å². The molecule has 2 nitrogen and oxygen atoms in total. The summed E-state index contributed by atoms with van der Waals surface area (Å²) >= 11 is 0. The minimum Gasteiger partial charge on any atom is -0.190 e. The van der Waals surface area contributed by atoms with Gasteiger partial charge in [-0.1, -0.05) is 0 Å². The highest BCUT2D eigenvalue weighted by atomic mass is 32.3. The van der Waals surface area contributed by atoms with Crippen molar-refractivity contribution in [2.45, 2.75) is 0 Å². The first-order chi connectivity index (χ1) is 3.42. The summed E-state index contributed by atoms with van der Waals surface area (Å²) in [4.78, 5) is 0. The predicted octanol–water partition coefficient (Wildman–Crippen LogP) is 1.02. The third-order valence-electron chi connectivity index (χ3n) is 0.230. The van der Waals surface area contributed by atoms with Crippen LogP contribution < -0.4 is 0 Å². The van der Waals surface area contributed by atoms with Gasteiger partial charge in [-0.15, -0.1) is 3.89 Å². The Morgan fingerprint density at radius 1 is 1.38 bits per heavy atom. The fraction of sp³-hybridized carbons (Fsp3) is 0. The van der Waals surface area contributed by atoms with Crippen LogP contribution in [0, 0.1) is 0 Å². The van der Waals surface area contributed by atoms with Crippen molar-refractivity contribution in [1.29, 1.82) is 0 Å². The van der Waals surface area contributed by atoms with Crippen molar-refractivity contribution in [2.75, 3.05) is 0 Å². The molecule has 0 bridgehead atoms. The second kappa shape index (κ2) is 2.17. The molecule has 0 radical (unpaired) electrons. The minimum atomic E-state index is -5.14. The first kappa shape index (κ1) is 7.48. The summed E-state index contributed by atoms with van der Waals surface area (Å²) in [5.74, 6) is 0. The minimum absolute atomic E-state index is 0.757. The highest BCUT2D eigenvalue weighted by Gasteiger charge is 2.03. The Labute approximate surface area is 43.8 Å². The summed E-state index contributed by atoms with van der Waals surface area (Å²) < 4.78 is 51.0. The summed E-state index contributed by atoms with van der Waals surface area (Å²) in [5.41, 5.74) is 0. The van der Waals surface area contributed by atoms with E-state index in [4.69, 9.17) is 0 Å². The average molecular weight is 146 g/mol. The van der Waals surface area contributed by atoms with E-state index >= 15 is 0 Å². The van der Waals surface area contributed by atoms with Crippen LogP contribution >= 0.6 is 0 Å². The maximum Gasteiger partial charge on any atom is 0.330 e. The van der Waals surface area contributed by atoms with E-state index in [9.17, 15) is 21.1 Å². The predicted molar refractivity (Wildman–Crippen MR) is 20.3 cm³/mol. The zero-order valence-corrected chi connectivity index (χ0v) is 4.25. The van der Waals surface area contributed by atoms with Gasteiger partial charge >= 0.3 is 10.2 Å². The van der Waals surface area contributed by atoms with Gasteiger partial charge in [0.25, 0.3) is 6.08 Å². The lowest BCUT2D eigenvalue weighted by Gasteiger charge is -1.74. The lowest BCUT2D eigenvalue weighted by molar-refractivity contribution is 0.422. The molecule has 0 atom stereocenters. The molecule has 0 amide bonds. The van der Waals surface area contributed by atoms with Crippen molar-refractivity contribution in [3.05, 3.63) is 11.5 Å². The number of halogens is 3. The molecular weight excluding hydrogens is 145 g/mol. The molecule has 0 aliphatic rings. The Hall–Kier alpha value is -0.520. The normalized spacial score (nSPS) is 10.9. The Balaban J connectivity index is 4.36. The van der Waals surface area contributed by atoms with Crippen molar-refractivity contribution < 1.29 is 21.1 Å². The fourth-order valence-electron chi connectivity index (χ4n) is 0.106. The smallest absolute Gasteiger partial charge is 0.190 e. The van der Waals surface area contributed by atoms with Crippen molar-refractivity contribution in [1.82, 2.24) is 0 Å². The summed E-state index contributed by atoms with van der Waals surface area (Å²) in [5, 5.41) is -0.757. The summed E-state index contributed by atoms with van der Waals surface area (Å²) in [6, 6.07) is 0. The second-order valence-electron chi connectivity index (χ2n) is 0.883. The van der Waals surface area contributed by atoms with Gasteiger partial charge in [-0.3, -0.25) is 0 Å². The SMILES string of the molecule is O=S(=O)(F)C=C(F)F. The van der Waals surface area contributed by atoms with Crippen LogP contribution in [0.5, 0.6) is 0 Å². The van der Waals surface area contributed by atoms with Gasteiger partial charge in [-0.2, -0.15) is 17.2 Å². The molecule has 0 aromatic carbocycles. The van der Waals surface area contributed by atoms with E-state index < -0.39 is 21.7 Å². The van der Waals surface area contributed by atoms with E-state index in [0.29, 0.717) is 0 Å². The molecule has 0 saturated carbocycles. The van der Waals surface area contributed by atoms with E-state index in [1.165, 1.54) is 0 Å². The van der Waals surface area contributed by atoms with Crippen LogP contribution in [0.25, 0.3) is 0 Å². The molecule has 0 rings (SSSR count). The Morgan fingerprint density at radius 2 is 1.75 bits per heavy atom. The van der Waals surface area contributed by atoms with Crippen LogP contribution in [0.4, 0.5) is 12.7 Å². The van der Waals surface area contributed by atoms with Gasteiger partial charge in [-0.05, 0) is 0 Å². The topological polar surface area (TPSA) is 34.1 Å². The summed E-state index contributed by atoms with van der Waals surface area (Å²) in [6.45, 7) is 0. The quantitative estimate of drug-likeness (QED) is 0.517. The molecular formula is C2HF3O2S. The van der Waals surface area contributed by atoms with Crippen LogP contribution in [-0.2, 0) is 10.2 Å². The summed E-state index contributed by atoms with van der Waals surface area (Å²) in [7, 11) is -5.14. The highest BCUT2D eigenvalue weighted by molar-refractivity contribution is 7.89. The van der Waals surface area contributed by atoms with Crippen molar-refractivity contribution in [3.8, 4) is 0 Å². The third-order valence-corrected chi connectivity index (χ3v) is 0.690. The van der Waals surface area contributed by atoms with Gasteiger partial charge in [-0.25, -0.2) is 0 Å². The number of hydrogen-bond donors (Lipinski definition) is 0. The van der Waals surface area contributed by atoms with Gasteiger partial charge in [0.15, 0.2) is 0 Å². The molecule has 8 heavy (non-hydrogen) atoms. The molecule has 0 N–H and O–H groups in total. The van der Waals surface area contributed by atoms with Crippen molar-refractivity contribution >= 4 is 10.2 Å². The lowest BCUT2D eigenvalue weighted by Crippen LogP contribution is -1.80. The maximum atomic E-state index is 11.1. The van der Waals surface area contributed by atoms with Gasteiger partial charge in [0, 0.05) is 0 Å². The van der Waals surface area contributed by atoms with E-state index in [0.717, 1.165) is 0 Å². The van der Waals surface area contributed by atoms with Crippen LogP contribution in [0.15, 0.2) is 11.5 Å². The van der Waals surface area contributed by atoms with Crippen LogP contribution in [0.3, 0.4) is 0 Å². The zero-order chi connectivity index (χ0) is 6.78. The summed E-state index contributed by atoms with van der Waals surface area (Å²) in [6.07, 6.45) is -2.56. The molecule has 48 valence electrons. The van der Waals surface area contributed by atoms with E-state index in [2.05, 4.69) is 0 Å². The van der Waals surface area contributed by atoms with Crippen molar-refractivity contribution in [3.63, 3.8) is 0 Å². The molecule has 0 saturated heterocycles. The van der Waals surface area contributed by atoms with E-state index in [1.54, 1.807) is 0 Å². The molecule has 0 spiro atoms. The van der Waals surface area contributed by atoms with E-state index in [1.807, 2.05) is 0 Å². The molecule has 6 heteroatoms. The Kier molecular flexibility index (Phi) is 2.02. The third kappa shape index (κ3) is 5.48. The first-order valence-corrected chi connectivity index (χ1v) is 2.84. The Morgan fingerprint density at radius 3 is 1.75 bits per heavy atom. The number of rotatable bonds is 1. The molecule has 0 heterocycles. The van der Waals surface area contributed by atoms with Gasteiger partial charge in [0.2, 0.25) is 0 Å². The lowest BCUT2D eigenvalue weighted by atomic mass is 11.1. The largest absolute Gasteiger partial charge is 0.330 e. The standard InChI is InChI=1S/C2HF3O2S/c3-2(4)1-8(5,6)7/h1H. The molecule has 0 aliphatic carbocycles. The van der Waals surface area contributed by atoms with E-state index in [-0.39, 0.29) is 0 Å². The molecule has 0 unspecified atom stereocenters. The van der Waals surface area contributed by atoms with Gasteiger partial charge in [0.05, 0.1) is 0 Å². The first-order valence-electron chi connectivity index (χ1n) is 1.39. The van der Waals surface area contributed by atoms with Crippen LogP contribution in [-0.4, -0.2) is 8.42 Å². The zero-order valence-electron chi connectivity index (χ0n) is 3.44. The maximum absolute atomic E-state index is 11.1. The molecule has 0 fully saturated rings. The van der Waals surface area contributed by atoms with Gasteiger partial charge < -0.3 is 0 Å². The molecule has 0 aromatic rings.